The molecular formula is C16H16O3. The average Bonchev–Trinajstić information content (AvgIpc) is 2.83. The molecule has 10 atom stereocenters. The van der Waals surface area contributed by atoms with Gasteiger partial charge in [0.05, 0.1) is 12.2 Å². The lowest BCUT2D eigenvalue weighted by atomic mass is 9.59. The number of ketones is 2. The van der Waals surface area contributed by atoms with E-state index in [1.54, 1.807) is 0 Å². The lowest BCUT2D eigenvalue weighted by molar-refractivity contribution is -0.149. The topological polar surface area (TPSA) is 46.7 Å². The smallest absolute Gasteiger partial charge is 0.141 e. The van der Waals surface area contributed by atoms with Crippen LogP contribution in [0.1, 0.15) is 12.8 Å². The summed E-state index contributed by atoms with van der Waals surface area (Å²) in [6.45, 7) is 0. The quantitative estimate of drug-likeness (QED) is 0.484. The van der Waals surface area contributed by atoms with Crippen LogP contribution >= 0.6 is 0 Å². The number of hydrogen-bond donors (Lipinski definition) is 0. The minimum atomic E-state index is 0.0234. The van der Waals surface area contributed by atoms with Gasteiger partial charge < -0.3 is 4.74 Å². The minimum Gasteiger partial charge on any atom is -0.369 e. The summed E-state index contributed by atoms with van der Waals surface area (Å²) >= 11 is 0. The molecule has 0 amide bonds. The molecule has 5 aliphatic carbocycles. The highest BCUT2D eigenvalue weighted by atomic mass is 16.6. The molecular weight excluding hydrogens is 240 g/mol. The van der Waals surface area contributed by atoms with Gasteiger partial charge >= 0.3 is 0 Å². The second-order valence-electron chi connectivity index (χ2n) is 7.48. The van der Waals surface area contributed by atoms with Gasteiger partial charge in [-0.2, -0.15) is 0 Å². The van der Waals surface area contributed by atoms with Crippen LogP contribution in [-0.4, -0.2) is 23.8 Å². The molecule has 3 heteroatoms. The Morgan fingerprint density at radius 2 is 1.32 bits per heavy atom. The molecule has 1 heterocycles. The van der Waals surface area contributed by atoms with E-state index in [4.69, 9.17) is 4.74 Å². The zero-order chi connectivity index (χ0) is 12.5. The first-order valence-corrected chi connectivity index (χ1v) is 7.67. The maximum atomic E-state index is 12.9. The number of ether oxygens (including phenoxy) is 1. The van der Waals surface area contributed by atoms with Crippen molar-refractivity contribution in [1.29, 1.82) is 0 Å². The van der Waals surface area contributed by atoms with Crippen molar-refractivity contribution in [2.75, 3.05) is 0 Å². The summed E-state index contributed by atoms with van der Waals surface area (Å²) in [7, 11) is 0. The molecule has 98 valence electrons. The summed E-state index contributed by atoms with van der Waals surface area (Å²) in [5, 5.41) is 0. The molecule has 0 aromatic rings. The molecule has 0 N–H and O–H groups in total. The van der Waals surface area contributed by atoms with Crippen LogP contribution in [-0.2, 0) is 14.3 Å². The number of carbonyl (C=O) groups is 2. The zero-order valence-electron chi connectivity index (χ0n) is 10.6. The van der Waals surface area contributed by atoms with Gasteiger partial charge in [0.15, 0.2) is 0 Å². The fraction of sp³-hybridized carbons (Fsp3) is 0.750. The van der Waals surface area contributed by atoms with E-state index in [9.17, 15) is 9.59 Å². The predicted molar refractivity (Wildman–Crippen MR) is 65.0 cm³/mol. The molecule has 1 aliphatic heterocycles. The Balaban J connectivity index is 1.50. The SMILES string of the molecule is O=C1[C@@H]2[C@H]3C[C@@H]([C@@H]4O[C@H]34)[C@@H]2C(=O)[C@H]2[C@@H]1[C@H]1C=C[C@H]2C1. The van der Waals surface area contributed by atoms with Gasteiger partial charge in [-0.15, -0.1) is 0 Å². The van der Waals surface area contributed by atoms with Gasteiger partial charge in [0.1, 0.15) is 11.6 Å². The predicted octanol–water partition coefficient (Wildman–Crippen LogP) is 1.23. The highest BCUT2D eigenvalue weighted by Gasteiger charge is 2.74. The van der Waals surface area contributed by atoms with Crippen molar-refractivity contribution in [1.82, 2.24) is 0 Å². The Bertz CT molecular complexity index is 518. The molecule has 4 bridgehead atoms. The Hall–Kier alpha value is -0.960. The first-order chi connectivity index (χ1) is 9.25. The van der Waals surface area contributed by atoms with E-state index < -0.39 is 0 Å². The van der Waals surface area contributed by atoms with Crippen molar-refractivity contribution in [3.05, 3.63) is 12.2 Å². The second-order valence-corrected chi connectivity index (χ2v) is 7.48. The molecule has 0 unspecified atom stereocenters. The Kier molecular flexibility index (Phi) is 1.42. The van der Waals surface area contributed by atoms with Crippen molar-refractivity contribution in [2.45, 2.75) is 25.0 Å². The van der Waals surface area contributed by atoms with E-state index in [-0.39, 0.29) is 23.7 Å². The number of Topliss-reactive ketones (excluding diaryl/α,β-unsaturated/α-hetero) is 2. The van der Waals surface area contributed by atoms with Crippen LogP contribution < -0.4 is 0 Å². The van der Waals surface area contributed by atoms with Crippen molar-refractivity contribution in [2.24, 2.45) is 47.3 Å². The zero-order valence-corrected chi connectivity index (χ0v) is 10.6. The second kappa shape index (κ2) is 2.73. The third-order valence-electron chi connectivity index (χ3n) is 7.03. The standard InChI is InChI=1S/C16H16O3/c17-13-9-5-1-2-6(3-5)10(9)14(18)12-8-4-7(11(12)13)15-16(8)19-15/h1-2,5-12,15-16H,3-4H2/t5-,6-,7+,8+,9-,10+,11+,12-,15+,16-/m0/s1. The van der Waals surface area contributed by atoms with E-state index in [2.05, 4.69) is 12.2 Å². The monoisotopic (exact) mass is 256 g/mol. The van der Waals surface area contributed by atoms with Crippen LogP contribution in [0.25, 0.3) is 0 Å². The molecule has 19 heavy (non-hydrogen) atoms. The molecule has 0 aromatic heterocycles. The first-order valence-electron chi connectivity index (χ1n) is 7.67. The van der Waals surface area contributed by atoms with Gasteiger partial charge in [-0.05, 0) is 36.5 Å². The van der Waals surface area contributed by atoms with Gasteiger partial charge in [-0.1, -0.05) is 12.2 Å². The molecule has 1 saturated heterocycles. The van der Waals surface area contributed by atoms with Gasteiger partial charge in [0.2, 0.25) is 0 Å². The summed E-state index contributed by atoms with van der Waals surface area (Å²) in [5.74, 6) is 2.43. The summed E-state index contributed by atoms with van der Waals surface area (Å²) in [5.41, 5.74) is 0. The Morgan fingerprint density at radius 1 is 0.789 bits per heavy atom. The number of allylic oxidation sites excluding steroid dienone is 2. The number of carbonyl (C=O) groups excluding carboxylic acids is 2. The van der Waals surface area contributed by atoms with Crippen LogP contribution in [0.5, 0.6) is 0 Å². The first kappa shape index (κ1) is 9.87. The number of epoxide rings is 1. The van der Waals surface area contributed by atoms with Crippen molar-refractivity contribution < 1.29 is 14.3 Å². The summed E-state index contributed by atoms with van der Waals surface area (Å²) in [6.07, 6.45) is 7.17. The fourth-order valence-corrected chi connectivity index (χ4v) is 6.46. The summed E-state index contributed by atoms with van der Waals surface area (Å²) < 4.78 is 5.70. The average molecular weight is 256 g/mol. The van der Waals surface area contributed by atoms with Crippen LogP contribution in [0.4, 0.5) is 0 Å². The van der Waals surface area contributed by atoms with Crippen molar-refractivity contribution >= 4 is 11.6 Å². The van der Waals surface area contributed by atoms with Crippen LogP contribution in [0.3, 0.4) is 0 Å². The lowest BCUT2D eigenvalue weighted by Crippen LogP contribution is -2.52. The maximum absolute atomic E-state index is 12.9. The largest absolute Gasteiger partial charge is 0.369 e. The summed E-state index contributed by atoms with van der Waals surface area (Å²) in [6, 6.07) is 0. The van der Waals surface area contributed by atoms with E-state index in [1.165, 1.54) is 0 Å². The molecule has 3 nitrogen and oxygen atoms in total. The third kappa shape index (κ3) is 0.884. The highest BCUT2D eigenvalue weighted by Crippen LogP contribution is 2.67. The lowest BCUT2D eigenvalue weighted by Gasteiger charge is -2.40. The maximum Gasteiger partial charge on any atom is 0.141 e. The molecule has 0 aromatic carbocycles. The molecule has 4 saturated carbocycles. The number of fused-ring (bicyclic) bond motifs is 13. The third-order valence-corrected chi connectivity index (χ3v) is 7.03. The normalized spacial score (nSPS) is 66.3. The fourth-order valence-electron chi connectivity index (χ4n) is 6.46. The van der Waals surface area contributed by atoms with Crippen molar-refractivity contribution in [3.8, 4) is 0 Å². The van der Waals surface area contributed by atoms with Crippen LogP contribution in [0.15, 0.2) is 12.2 Å². The van der Waals surface area contributed by atoms with E-state index in [1.807, 2.05) is 0 Å². The summed E-state index contributed by atoms with van der Waals surface area (Å²) in [4.78, 5) is 25.9. The van der Waals surface area contributed by atoms with Crippen LogP contribution in [0.2, 0.25) is 0 Å². The Labute approximate surface area is 111 Å². The van der Waals surface area contributed by atoms with Crippen molar-refractivity contribution in [3.63, 3.8) is 0 Å². The van der Waals surface area contributed by atoms with Gasteiger partial charge in [0, 0.05) is 23.7 Å². The molecule has 6 rings (SSSR count). The molecule has 0 radical (unpaired) electrons. The van der Waals surface area contributed by atoms with Gasteiger partial charge in [0.25, 0.3) is 0 Å². The Morgan fingerprint density at radius 3 is 1.84 bits per heavy atom. The van der Waals surface area contributed by atoms with Crippen LogP contribution in [0, 0.1) is 47.3 Å². The van der Waals surface area contributed by atoms with Gasteiger partial charge in [-0.3, -0.25) is 9.59 Å². The molecule has 6 aliphatic rings. The van der Waals surface area contributed by atoms with E-state index in [0.717, 1.165) is 12.8 Å². The molecule has 5 fully saturated rings. The van der Waals surface area contributed by atoms with E-state index >= 15 is 0 Å². The molecule has 0 spiro atoms. The van der Waals surface area contributed by atoms with E-state index in [0.29, 0.717) is 47.4 Å². The number of hydrogen-bond acceptors (Lipinski definition) is 3. The highest BCUT2D eigenvalue weighted by molar-refractivity contribution is 6.02. The van der Waals surface area contributed by atoms with Gasteiger partial charge in [-0.25, -0.2) is 0 Å². The minimum absolute atomic E-state index is 0.0234. The number of rotatable bonds is 0.